The molecule has 35 heavy (non-hydrogen) atoms. The molecule has 3 heterocycles. The number of urea groups is 1. The van der Waals surface area contributed by atoms with Gasteiger partial charge in [0.05, 0.1) is 5.92 Å². The molecule has 1 spiro atoms. The molecule has 0 aromatic heterocycles. The average Bonchev–Trinajstić information content (AvgIpc) is 3.33. The van der Waals surface area contributed by atoms with Crippen LogP contribution in [0.5, 0.6) is 5.75 Å². The van der Waals surface area contributed by atoms with Gasteiger partial charge in [0, 0.05) is 51.5 Å². The summed E-state index contributed by atoms with van der Waals surface area (Å²) in [5.41, 5.74) is 0.631. The van der Waals surface area contributed by atoms with Crippen molar-refractivity contribution in [2.45, 2.75) is 45.1 Å². The van der Waals surface area contributed by atoms with Crippen molar-refractivity contribution in [3.63, 3.8) is 0 Å². The molecular formula is C23H33N5O6S. The molecule has 0 radical (unpaired) electrons. The van der Waals surface area contributed by atoms with Gasteiger partial charge in [-0.25, -0.2) is 9.93 Å². The van der Waals surface area contributed by atoms with Crippen LogP contribution in [-0.2, 0) is 19.8 Å². The quantitative estimate of drug-likeness (QED) is 0.332. The van der Waals surface area contributed by atoms with Crippen molar-refractivity contribution in [2.24, 2.45) is 11.1 Å². The lowest BCUT2D eigenvalue weighted by atomic mass is 9.82. The summed E-state index contributed by atoms with van der Waals surface area (Å²) in [7, 11) is -2.48. The number of esters is 1. The molecule has 3 unspecified atom stereocenters. The van der Waals surface area contributed by atoms with Crippen LogP contribution in [0.4, 0.5) is 10.5 Å². The predicted octanol–water partition coefficient (Wildman–Crippen LogP) is 1.10. The molecule has 2 fully saturated rings. The Balaban J connectivity index is 1.49. The number of amides is 3. The molecule has 12 heteroatoms. The number of hydrogen-bond donors (Lipinski definition) is 1. The highest BCUT2D eigenvalue weighted by molar-refractivity contribution is 7.86. The molecule has 192 valence electrons. The van der Waals surface area contributed by atoms with Gasteiger partial charge in [-0.05, 0) is 44.2 Å². The van der Waals surface area contributed by atoms with Gasteiger partial charge in [-0.1, -0.05) is 13.0 Å². The fourth-order valence-corrected chi connectivity index (χ4v) is 6.22. The van der Waals surface area contributed by atoms with Gasteiger partial charge in [0.25, 0.3) is 16.1 Å². The third kappa shape index (κ3) is 4.17. The molecule has 3 aliphatic rings. The molecule has 2 saturated heterocycles. The number of imide groups is 1. The van der Waals surface area contributed by atoms with Crippen LogP contribution in [-0.4, -0.2) is 85.7 Å². The highest BCUT2D eigenvalue weighted by Crippen LogP contribution is 2.42. The molecule has 11 nitrogen and oxygen atoms in total. The van der Waals surface area contributed by atoms with E-state index in [0.717, 1.165) is 33.5 Å². The minimum Gasteiger partial charge on any atom is -0.426 e. The fraction of sp³-hybridized carbons (Fsp3) is 0.609. The van der Waals surface area contributed by atoms with E-state index in [4.69, 9.17) is 9.88 Å². The van der Waals surface area contributed by atoms with Crippen LogP contribution >= 0.6 is 0 Å². The van der Waals surface area contributed by atoms with Crippen LogP contribution in [0.15, 0.2) is 18.2 Å². The van der Waals surface area contributed by atoms with Gasteiger partial charge in [-0.2, -0.15) is 12.7 Å². The zero-order valence-corrected chi connectivity index (χ0v) is 21.4. The van der Waals surface area contributed by atoms with Crippen LogP contribution in [0, 0.1) is 5.92 Å². The van der Waals surface area contributed by atoms with Crippen LogP contribution in [0.3, 0.4) is 0 Å². The largest absolute Gasteiger partial charge is 0.426 e. The lowest BCUT2D eigenvalue weighted by Crippen LogP contribution is -2.51. The number of anilines is 1. The number of fused-ring (bicyclic) bond motifs is 1. The molecule has 3 atom stereocenters. The lowest BCUT2D eigenvalue weighted by Gasteiger charge is -2.31. The maximum Gasteiger partial charge on any atom is 0.327 e. The third-order valence-electron chi connectivity index (χ3n) is 7.77. The summed E-state index contributed by atoms with van der Waals surface area (Å²) in [6, 6.07) is 5.37. The first-order valence-corrected chi connectivity index (χ1v) is 13.4. The zero-order valence-electron chi connectivity index (χ0n) is 20.6. The number of nitrogens with two attached hydrogens (primary N) is 1. The number of rotatable bonds is 7. The molecule has 0 saturated carbocycles. The number of ether oxygens (including phenoxy) is 1. The number of likely N-dealkylation sites (N-methyl/N-ethyl adjacent to an activating group) is 1. The summed E-state index contributed by atoms with van der Waals surface area (Å²) < 4.78 is 30.2. The second kappa shape index (κ2) is 9.07. The van der Waals surface area contributed by atoms with E-state index >= 15 is 0 Å². The Morgan fingerprint density at radius 2 is 1.89 bits per heavy atom. The number of hydrogen-bond acceptors (Lipinski definition) is 7. The van der Waals surface area contributed by atoms with Gasteiger partial charge in [0.1, 0.15) is 11.3 Å². The summed E-state index contributed by atoms with van der Waals surface area (Å²) in [5, 5.41) is 5.23. The van der Waals surface area contributed by atoms with Crippen molar-refractivity contribution in [2.75, 3.05) is 44.7 Å². The van der Waals surface area contributed by atoms with Gasteiger partial charge in [-0.3, -0.25) is 14.5 Å². The number of benzene rings is 1. The molecule has 0 bridgehead atoms. The molecular weight excluding hydrogens is 474 g/mol. The molecule has 3 amide bonds. The predicted molar refractivity (Wildman–Crippen MR) is 129 cm³/mol. The van der Waals surface area contributed by atoms with E-state index in [0.29, 0.717) is 5.75 Å². The maximum absolute atomic E-state index is 13.3. The average molecular weight is 508 g/mol. The van der Waals surface area contributed by atoms with E-state index < -0.39 is 33.6 Å². The van der Waals surface area contributed by atoms with Gasteiger partial charge in [0.15, 0.2) is 0 Å². The SMILES string of the molecule is CCN(CC)c1ccc2c(c1)OC(=O)C(CCN1C(=O)N(C)C3(CCN(S(N)(=O)=O)C3)C1=O)C2C. The molecule has 3 aliphatic heterocycles. The normalized spacial score (nSPS) is 27.1. The van der Waals surface area contributed by atoms with Gasteiger partial charge < -0.3 is 14.5 Å². The van der Waals surface area contributed by atoms with Crippen molar-refractivity contribution in [3.05, 3.63) is 23.8 Å². The summed E-state index contributed by atoms with van der Waals surface area (Å²) in [6.07, 6.45) is 0.419. The Morgan fingerprint density at radius 3 is 2.49 bits per heavy atom. The minimum atomic E-state index is -3.97. The van der Waals surface area contributed by atoms with Crippen LogP contribution < -0.4 is 14.8 Å². The van der Waals surface area contributed by atoms with Gasteiger partial charge in [-0.15, -0.1) is 0 Å². The van der Waals surface area contributed by atoms with E-state index in [2.05, 4.69) is 18.7 Å². The van der Waals surface area contributed by atoms with Crippen molar-refractivity contribution >= 4 is 33.8 Å². The molecule has 1 aromatic rings. The summed E-state index contributed by atoms with van der Waals surface area (Å²) in [5.74, 6) is -0.971. The first-order chi connectivity index (χ1) is 16.4. The highest BCUT2D eigenvalue weighted by atomic mass is 32.2. The van der Waals surface area contributed by atoms with E-state index in [1.54, 1.807) is 0 Å². The molecule has 4 rings (SSSR count). The summed E-state index contributed by atoms with van der Waals surface area (Å²) in [6.45, 7) is 7.68. The maximum atomic E-state index is 13.3. The number of carbonyl (C=O) groups is 3. The Kier molecular flexibility index (Phi) is 6.58. The van der Waals surface area contributed by atoms with Crippen molar-refractivity contribution < 1.29 is 27.5 Å². The Labute approximate surface area is 205 Å². The van der Waals surface area contributed by atoms with Crippen LogP contribution in [0.25, 0.3) is 0 Å². The van der Waals surface area contributed by atoms with Crippen molar-refractivity contribution in [3.8, 4) is 5.75 Å². The van der Waals surface area contributed by atoms with Crippen molar-refractivity contribution in [1.82, 2.24) is 14.1 Å². The van der Waals surface area contributed by atoms with Gasteiger partial charge in [0.2, 0.25) is 0 Å². The lowest BCUT2D eigenvalue weighted by molar-refractivity contribution is -0.142. The summed E-state index contributed by atoms with van der Waals surface area (Å²) >= 11 is 0. The number of carbonyl (C=O) groups excluding carboxylic acids is 3. The topological polar surface area (TPSA) is 134 Å². The van der Waals surface area contributed by atoms with Gasteiger partial charge >= 0.3 is 12.0 Å². The second-order valence-corrected chi connectivity index (χ2v) is 11.0. The summed E-state index contributed by atoms with van der Waals surface area (Å²) in [4.78, 5) is 43.7. The second-order valence-electron chi connectivity index (χ2n) is 9.46. The third-order valence-corrected chi connectivity index (χ3v) is 8.80. The van der Waals surface area contributed by atoms with Crippen LogP contribution in [0.1, 0.15) is 45.1 Å². The monoisotopic (exact) mass is 507 g/mol. The molecule has 2 N–H and O–H groups in total. The van der Waals surface area contributed by atoms with Crippen LogP contribution in [0.2, 0.25) is 0 Å². The van der Waals surface area contributed by atoms with E-state index in [1.165, 1.54) is 11.9 Å². The minimum absolute atomic E-state index is 0.0378. The Bertz CT molecular complexity index is 1150. The van der Waals surface area contributed by atoms with E-state index in [-0.39, 0.29) is 44.4 Å². The van der Waals surface area contributed by atoms with E-state index in [1.807, 2.05) is 25.1 Å². The Morgan fingerprint density at radius 1 is 1.20 bits per heavy atom. The van der Waals surface area contributed by atoms with Crippen molar-refractivity contribution in [1.29, 1.82) is 0 Å². The highest BCUT2D eigenvalue weighted by Gasteiger charge is 2.59. The first kappa shape index (κ1) is 25.4. The first-order valence-electron chi connectivity index (χ1n) is 11.9. The number of nitrogens with zero attached hydrogens (tertiary/aromatic N) is 4. The fourth-order valence-electron chi connectivity index (χ4n) is 5.48. The molecule has 0 aliphatic carbocycles. The van der Waals surface area contributed by atoms with E-state index in [9.17, 15) is 22.8 Å². The Hall–Kier alpha value is -2.70. The molecule has 1 aromatic carbocycles. The standard InChI is InChI=1S/C23H33N5O6S/c1-5-26(6-2)16-7-8-17-15(3)18(20(29)34-19(17)13-16)9-11-28-21(30)23(25(4)22(28)31)10-12-27(14-23)35(24,32)33/h7-8,13,15,18H,5-6,9-12,14H2,1-4H3,(H2,24,32,33). The zero-order chi connectivity index (χ0) is 25.7. The smallest absolute Gasteiger partial charge is 0.327 e.